The Balaban J connectivity index is 1.55. The zero-order valence-electron chi connectivity index (χ0n) is 15.1. The maximum atomic E-state index is 12.2. The Hall–Kier alpha value is -2.57. The molecule has 0 spiro atoms. The third kappa shape index (κ3) is 4.82. The molecule has 146 valence electrons. The number of halogens is 2. The summed E-state index contributed by atoms with van der Waals surface area (Å²) in [6.45, 7) is 1.36. The third-order valence-corrected chi connectivity index (χ3v) is 4.94. The van der Waals surface area contributed by atoms with E-state index in [1.807, 2.05) is 0 Å². The predicted octanol–water partition coefficient (Wildman–Crippen LogP) is 3.91. The zero-order valence-corrected chi connectivity index (χ0v) is 16.6. The first-order chi connectivity index (χ1) is 13.3. The van der Waals surface area contributed by atoms with Crippen LogP contribution in [-0.4, -0.2) is 24.4 Å². The largest absolute Gasteiger partial charge is 0.452 e. The van der Waals surface area contributed by atoms with E-state index in [4.69, 9.17) is 27.9 Å². The van der Waals surface area contributed by atoms with Crippen LogP contribution in [0.15, 0.2) is 36.4 Å². The average Bonchev–Trinajstić information content (AvgIpc) is 2.65. The number of hydrogen-bond donors (Lipinski definition) is 2. The normalized spacial score (nSPS) is 13.9. The Morgan fingerprint density at radius 2 is 1.96 bits per heavy atom. The minimum Gasteiger partial charge on any atom is -0.452 e. The van der Waals surface area contributed by atoms with Crippen molar-refractivity contribution in [3.63, 3.8) is 0 Å². The van der Waals surface area contributed by atoms with Crippen LogP contribution in [0, 0.1) is 0 Å². The molecule has 0 fully saturated rings. The summed E-state index contributed by atoms with van der Waals surface area (Å²) in [5, 5.41) is 6.42. The van der Waals surface area contributed by atoms with Crippen LogP contribution in [0.2, 0.25) is 10.0 Å². The summed E-state index contributed by atoms with van der Waals surface area (Å²) in [7, 11) is 0. The number of carbonyl (C=O) groups excluding carboxylic acids is 3. The van der Waals surface area contributed by atoms with Gasteiger partial charge in [-0.3, -0.25) is 9.59 Å². The van der Waals surface area contributed by atoms with E-state index in [-0.39, 0.29) is 11.9 Å². The van der Waals surface area contributed by atoms with Crippen molar-refractivity contribution < 1.29 is 19.1 Å². The second-order valence-corrected chi connectivity index (χ2v) is 7.29. The molecule has 3 rings (SSSR count). The van der Waals surface area contributed by atoms with Gasteiger partial charge in [0.2, 0.25) is 5.91 Å². The fourth-order valence-corrected chi connectivity index (χ4v) is 3.51. The van der Waals surface area contributed by atoms with Crippen molar-refractivity contribution in [3.8, 4) is 0 Å². The SMILES string of the molecule is CC(NC(=O)COC(=O)c1ccc2c(c1)CCC(=O)N2)c1ccc(Cl)cc1Cl. The smallest absolute Gasteiger partial charge is 0.338 e. The first-order valence-electron chi connectivity index (χ1n) is 8.67. The average molecular weight is 421 g/mol. The van der Waals surface area contributed by atoms with E-state index >= 15 is 0 Å². The Kier molecular flexibility index (Phi) is 6.21. The molecule has 1 unspecified atom stereocenters. The number of aryl methyl sites for hydroxylation is 1. The topological polar surface area (TPSA) is 84.5 Å². The van der Waals surface area contributed by atoms with Crippen molar-refractivity contribution in [1.29, 1.82) is 0 Å². The fourth-order valence-electron chi connectivity index (χ4n) is 2.94. The predicted molar refractivity (Wildman–Crippen MR) is 107 cm³/mol. The van der Waals surface area contributed by atoms with Gasteiger partial charge in [0.05, 0.1) is 11.6 Å². The molecule has 2 amide bonds. The highest BCUT2D eigenvalue weighted by molar-refractivity contribution is 6.35. The highest BCUT2D eigenvalue weighted by atomic mass is 35.5. The van der Waals surface area contributed by atoms with E-state index in [0.29, 0.717) is 39.7 Å². The molecule has 6 nitrogen and oxygen atoms in total. The van der Waals surface area contributed by atoms with Gasteiger partial charge in [-0.1, -0.05) is 29.3 Å². The van der Waals surface area contributed by atoms with Crippen molar-refractivity contribution in [2.45, 2.75) is 25.8 Å². The Morgan fingerprint density at radius 1 is 1.18 bits per heavy atom. The molecule has 1 aliphatic rings. The highest BCUT2D eigenvalue weighted by Gasteiger charge is 2.19. The van der Waals surface area contributed by atoms with Gasteiger partial charge in [-0.05, 0) is 54.8 Å². The summed E-state index contributed by atoms with van der Waals surface area (Å²) >= 11 is 12.0. The van der Waals surface area contributed by atoms with Crippen LogP contribution < -0.4 is 10.6 Å². The van der Waals surface area contributed by atoms with Crippen molar-refractivity contribution in [3.05, 3.63) is 63.1 Å². The van der Waals surface area contributed by atoms with Gasteiger partial charge in [-0.25, -0.2) is 4.79 Å². The molecule has 0 radical (unpaired) electrons. The highest BCUT2D eigenvalue weighted by Crippen LogP contribution is 2.26. The number of carbonyl (C=O) groups is 3. The van der Waals surface area contributed by atoms with Crippen LogP contribution in [-0.2, 0) is 20.7 Å². The van der Waals surface area contributed by atoms with E-state index in [1.165, 1.54) is 0 Å². The van der Waals surface area contributed by atoms with Gasteiger partial charge in [0, 0.05) is 22.2 Å². The Morgan fingerprint density at radius 3 is 2.71 bits per heavy atom. The van der Waals surface area contributed by atoms with Gasteiger partial charge in [0.1, 0.15) is 0 Å². The second kappa shape index (κ2) is 8.63. The molecule has 0 bridgehead atoms. The lowest BCUT2D eigenvalue weighted by Gasteiger charge is -2.17. The molecule has 0 saturated carbocycles. The van der Waals surface area contributed by atoms with E-state index < -0.39 is 18.5 Å². The molecule has 2 aromatic rings. The van der Waals surface area contributed by atoms with Gasteiger partial charge >= 0.3 is 5.97 Å². The van der Waals surface area contributed by atoms with Crippen LogP contribution in [0.3, 0.4) is 0 Å². The first-order valence-corrected chi connectivity index (χ1v) is 9.43. The molecule has 1 atom stereocenters. The van der Waals surface area contributed by atoms with E-state index in [2.05, 4.69) is 10.6 Å². The fraction of sp³-hybridized carbons (Fsp3) is 0.250. The van der Waals surface area contributed by atoms with Crippen molar-refractivity contribution in [2.75, 3.05) is 11.9 Å². The number of benzene rings is 2. The number of amides is 2. The van der Waals surface area contributed by atoms with Crippen molar-refractivity contribution >= 4 is 46.7 Å². The number of anilines is 1. The maximum Gasteiger partial charge on any atom is 0.338 e. The van der Waals surface area contributed by atoms with Gasteiger partial charge in [0.15, 0.2) is 6.61 Å². The van der Waals surface area contributed by atoms with Crippen LogP contribution in [0.1, 0.15) is 40.9 Å². The summed E-state index contributed by atoms with van der Waals surface area (Å²) in [4.78, 5) is 35.7. The molecule has 0 aromatic heterocycles. The zero-order chi connectivity index (χ0) is 20.3. The molecule has 2 N–H and O–H groups in total. The van der Waals surface area contributed by atoms with Gasteiger partial charge in [-0.2, -0.15) is 0 Å². The minimum absolute atomic E-state index is 0.0468. The summed E-state index contributed by atoms with van der Waals surface area (Å²) in [5.74, 6) is -1.10. The first kappa shape index (κ1) is 20.2. The molecule has 0 saturated heterocycles. The maximum absolute atomic E-state index is 12.2. The minimum atomic E-state index is -0.605. The molecule has 28 heavy (non-hydrogen) atoms. The third-order valence-electron chi connectivity index (χ3n) is 4.38. The van der Waals surface area contributed by atoms with E-state index in [1.54, 1.807) is 43.3 Å². The Labute approximate surface area is 172 Å². The van der Waals surface area contributed by atoms with Crippen molar-refractivity contribution in [2.24, 2.45) is 0 Å². The summed E-state index contributed by atoms with van der Waals surface area (Å²) in [6, 6.07) is 9.53. The second-order valence-electron chi connectivity index (χ2n) is 6.45. The lowest BCUT2D eigenvalue weighted by atomic mass is 10.0. The van der Waals surface area contributed by atoms with E-state index in [0.717, 1.165) is 5.56 Å². The van der Waals surface area contributed by atoms with Crippen LogP contribution in [0.4, 0.5) is 5.69 Å². The number of fused-ring (bicyclic) bond motifs is 1. The molecule has 0 aliphatic carbocycles. The van der Waals surface area contributed by atoms with Gasteiger partial charge < -0.3 is 15.4 Å². The van der Waals surface area contributed by atoms with Crippen LogP contribution >= 0.6 is 23.2 Å². The monoisotopic (exact) mass is 420 g/mol. The number of hydrogen-bond acceptors (Lipinski definition) is 4. The quantitative estimate of drug-likeness (QED) is 0.717. The number of nitrogens with one attached hydrogen (secondary N) is 2. The summed E-state index contributed by atoms with van der Waals surface area (Å²) in [5.41, 5.74) is 2.60. The van der Waals surface area contributed by atoms with Crippen LogP contribution in [0.5, 0.6) is 0 Å². The molecular weight excluding hydrogens is 403 g/mol. The number of esters is 1. The lowest BCUT2D eigenvalue weighted by molar-refractivity contribution is -0.124. The summed E-state index contributed by atoms with van der Waals surface area (Å²) < 4.78 is 5.10. The van der Waals surface area contributed by atoms with Gasteiger partial charge in [0.25, 0.3) is 5.91 Å². The summed E-state index contributed by atoms with van der Waals surface area (Å²) in [6.07, 6.45) is 0.932. The molecule has 1 heterocycles. The van der Waals surface area contributed by atoms with E-state index in [9.17, 15) is 14.4 Å². The van der Waals surface area contributed by atoms with Crippen molar-refractivity contribution in [1.82, 2.24) is 5.32 Å². The standard InChI is InChI=1S/C20H18Cl2N2O4/c1-11(15-5-4-14(21)9-16(15)22)23-19(26)10-28-20(27)13-2-6-17-12(8-13)3-7-18(25)24-17/h2,4-6,8-9,11H,3,7,10H2,1H3,(H,23,26)(H,24,25). The van der Waals surface area contributed by atoms with Crippen LogP contribution in [0.25, 0.3) is 0 Å². The lowest BCUT2D eigenvalue weighted by Crippen LogP contribution is -2.31. The molecule has 8 heteroatoms. The number of rotatable bonds is 5. The number of ether oxygens (including phenoxy) is 1. The van der Waals surface area contributed by atoms with Gasteiger partial charge in [-0.15, -0.1) is 0 Å². The molecular formula is C20H18Cl2N2O4. The molecule has 1 aliphatic heterocycles. The Bertz CT molecular complexity index is 946. The molecule has 2 aromatic carbocycles.